The molecule has 2 fully saturated rings. The molecule has 1 aromatic rings. The van der Waals surface area contributed by atoms with Crippen LogP contribution in [-0.4, -0.2) is 54.0 Å². The molecule has 0 spiro atoms. The molecule has 0 aliphatic carbocycles. The number of ether oxygens (including phenoxy) is 5. The minimum absolute atomic E-state index is 0.101. The van der Waals surface area contributed by atoms with E-state index in [-0.39, 0.29) is 11.3 Å². The number of non-ortho nitro benzene ring substituents is 1. The fourth-order valence-corrected chi connectivity index (χ4v) is 3.63. The normalized spacial score (nSPS) is 32.7. The van der Waals surface area contributed by atoms with Crippen molar-refractivity contribution in [1.29, 1.82) is 0 Å². The third-order valence-electron chi connectivity index (χ3n) is 4.77. The summed E-state index contributed by atoms with van der Waals surface area (Å²) < 4.78 is 28.8. The van der Waals surface area contributed by atoms with Crippen LogP contribution in [-0.2, 0) is 23.7 Å². The van der Waals surface area contributed by atoms with Crippen LogP contribution in [0.4, 0.5) is 5.69 Å². The Labute approximate surface area is 156 Å². The summed E-state index contributed by atoms with van der Waals surface area (Å²) in [6.45, 7) is 7.13. The summed E-state index contributed by atoms with van der Waals surface area (Å²) in [7, 11) is 1.51. The summed E-state index contributed by atoms with van der Waals surface area (Å²) >= 11 is 0. The van der Waals surface area contributed by atoms with Gasteiger partial charge in [-0.05, 0) is 39.8 Å². The van der Waals surface area contributed by atoms with Gasteiger partial charge in [0.2, 0.25) is 0 Å². The second-order valence-corrected chi connectivity index (χ2v) is 7.31. The van der Waals surface area contributed by atoms with E-state index in [0.717, 1.165) is 0 Å². The predicted molar refractivity (Wildman–Crippen MR) is 92.1 cm³/mol. The summed E-state index contributed by atoms with van der Waals surface area (Å²) in [5, 5.41) is 10.7. The van der Waals surface area contributed by atoms with E-state index in [1.54, 1.807) is 20.8 Å². The Morgan fingerprint density at radius 3 is 2.44 bits per heavy atom. The molecule has 1 aromatic carbocycles. The molecule has 148 valence electrons. The van der Waals surface area contributed by atoms with Crippen molar-refractivity contribution < 1.29 is 33.4 Å². The second kappa shape index (κ2) is 6.83. The van der Waals surface area contributed by atoms with Crippen molar-refractivity contribution >= 4 is 11.7 Å². The number of rotatable bonds is 5. The Balaban J connectivity index is 1.73. The minimum Gasteiger partial charge on any atom is -0.456 e. The van der Waals surface area contributed by atoms with Gasteiger partial charge in [0.1, 0.15) is 23.9 Å². The SMILES string of the molecule is COC1O[C@H]([C@H](C)OC(=O)c2ccc([N+](=O)[O-])cc2)[C@H]2OC(C)(C)O[C@@]12C. The lowest BCUT2D eigenvalue weighted by Gasteiger charge is -2.28. The molecular formula is C18H23NO8. The van der Waals surface area contributed by atoms with Gasteiger partial charge in [-0.25, -0.2) is 4.79 Å². The number of esters is 1. The molecule has 1 unspecified atom stereocenters. The lowest BCUT2D eigenvalue weighted by molar-refractivity contribution is -0.384. The van der Waals surface area contributed by atoms with E-state index >= 15 is 0 Å². The third-order valence-corrected chi connectivity index (χ3v) is 4.77. The highest BCUT2D eigenvalue weighted by Crippen LogP contribution is 2.47. The largest absolute Gasteiger partial charge is 0.456 e. The third kappa shape index (κ3) is 3.55. The van der Waals surface area contributed by atoms with Gasteiger partial charge in [-0.1, -0.05) is 0 Å². The van der Waals surface area contributed by atoms with E-state index < -0.39 is 46.9 Å². The Bertz CT molecular complexity index is 733. The van der Waals surface area contributed by atoms with Gasteiger partial charge in [-0.15, -0.1) is 0 Å². The second-order valence-electron chi connectivity index (χ2n) is 7.31. The van der Waals surface area contributed by atoms with E-state index in [9.17, 15) is 14.9 Å². The van der Waals surface area contributed by atoms with Crippen LogP contribution in [0.15, 0.2) is 24.3 Å². The van der Waals surface area contributed by atoms with Crippen molar-refractivity contribution in [3.05, 3.63) is 39.9 Å². The van der Waals surface area contributed by atoms with Gasteiger partial charge >= 0.3 is 5.97 Å². The van der Waals surface area contributed by atoms with Crippen LogP contribution in [0.2, 0.25) is 0 Å². The summed E-state index contributed by atoms with van der Waals surface area (Å²) in [4.78, 5) is 22.6. The first kappa shape index (κ1) is 19.7. The Hall–Kier alpha value is -2.07. The van der Waals surface area contributed by atoms with Crippen LogP contribution in [0.1, 0.15) is 38.1 Å². The number of hydrogen-bond acceptors (Lipinski definition) is 8. The lowest BCUT2D eigenvalue weighted by atomic mass is 9.95. The number of nitrogens with zero attached hydrogens (tertiary/aromatic N) is 1. The Morgan fingerprint density at radius 1 is 1.26 bits per heavy atom. The number of fused-ring (bicyclic) bond motifs is 1. The molecule has 2 saturated heterocycles. The van der Waals surface area contributed by atoms with Gasteiger partial charge in [0.05, 0.1) is 10.5 Å². The van der Waals surface area contributed by atoms with Crippen LogP contribution in [0, 0.1) is 10.1 Å². The molecular weight excluding hydrogens is 358 g/mol. The maximum Gasteiger partial charge on any atom is 0.338 e. The molecule has 0 bridgehead atoms. The molecule has 0 saturated carbocycles. The van der Waals surface area contributed by atoms with Gasteiger partial charge in [0.15, 0.2) is 12.1 Å². The highest BCUT2D eigenvalue weighted by atomic mass is 16.8. The first-order valence-electron chi connectivity index (χ1n) is 8.59. The molecule has 0 radical (unpaired) electrons. The van der Waals surface area contributed by atoms with E-state index in [1.165, 1.54) is 31.4 Å². The van der Waals surface area contributed by atoms with Gasteiger partial charge in [0.25, 0.3) is 5.69 Å². The van der Waals surface area contributed by atoms with E-state index in [2.05, 4.69) is 0 Å². The zero-order valence-electron chi connectivity index (χ0n) is 15.8. The Morgan fingerprint density at radius 2 is 1.89 bits per heavy atom. The van der Waals surface area contributed by atoms with Crippen molar-refractivity contribution in [2.75, 3.05) is 7.11 Å². The average molecular weight is 381 g/mol. The highest BCUT2D eigenvalue weighted by molar-refractivity contribution is 5.89. The summed E-state index contributed by atoms with van der Waals surface area (Å²) in [5.41, 5.74) is -0.728. The van der Waals surface area contributed by atoms with Crippen LogP contribution < -0.4 is 0 Å². The molecule has 2 aliphatic heterocycles. The zero-order valence-corrected chi connectivity index (χ0v) is 15.8. The van der Waals surface area contributed by atoms with Crippen molar-refractivity contribution in [2.45, 2.75) is 63.7 Å². The van der Waals surface area contributed by atoms with Crippen LogP contribution in [0.25, 0.3) is 0 Å². The van der Waals surface area contributed by atoms with E-state index in [0.29, 0.717) is 0 Å². The van der Waals surface area contributed by atoms with Crippen LogP contribution in [0.3, 0.4) is 0 Å². The number of methoxy groups -OCH3 is 1. The van der Waals surface area contributed by atoms with Gasteiger partial charge < -0.3 is 23.7 Å². The minimum atomic E-state index is -0.836. The monoisotopic (exact) mass is 381 g/mol. The fraction of sp³-hybridized carbons (Fsp3) is 0.611. The fourth-order valence-electron chi connectivity index (χ4n) is 3.63. The smallest absolute Gasteiger partial charge is 0.338 e. The standard InChI is InChI=1S/C18H23NO8/c1-10(24-15(20)11-6-8-12(9-7-11)19(21)22)13-14-18(4,16(23-5)25-13)27-17(2,3)26-14/h6-10,13-14,16H,1-5H3/t10-,13+,14+,16?,18+/m0/s1. The van der Waals surface area contributed by atoms with Crippen molar-refractivity contribution in [3.8, 4) is 0 Å². The van der Waals surface area contributed by atoms with Gasteiger partial charge in [0, 0.05) is 19.2 Å². The number of hydrogen-bond donors (Lipinski definition) is 0. The van der Waals surface area contributed by atoms with Crippen molar-refractivity contribution in [2.24, 2.45) is 0 Å². The topological polar surface area (TPSA) is 106 Å². The maximum atomic E-state index is 12.4. The molecule has 3 rings (SSSR count). The molecule has 9 heteroatoms. The number of nitro groups is 1. The van der Waals surface area contributed by atoms with Crippen molar-refractivity contribution in [1.82, 2.24) is 0 Å². The molecule has 5 atom stereocenters. The number of carbonyl (C=O) groups excluding carboxylic acids is 1. The highest BCUT2D eigenvalue weighted by Gasteiger charge is 2.65. The summed E-state index contributed by atoms with van der Waals surface area (Å²) in [6, 6.07) is 5.20. The zero-order chi connectivity index (χ0) is 20.0. The number of carbonyl (C=O) groups is 1. The lowest BCUT2D eigenvalue weighted by Crippen LogP contribution is -2.46. The summed E-state index contributed by atoms with van der Waals surface area (Å²) in [6.07, 6.45) is -2.41. The summed E-state index contributed by atoms with van der Waals surface area (Å²) in [5.74, 6) is -1.43. The first-order chi connectivity index (χ1) is 12.6. The molecule has 27 heavy (non-hydrogen) atoms. The molecule has 0 amide bonds. The molecule has 0 aromatic heterocycles. The predicted octanol–water partition coefficient (Wildman–Crippen LogP) is 2.42. The number of nitro benzene ring substituents is 1. The molecule has 2 heterocycles. The van der Waals surface area contributed by atoms with Gasteiger partial charge in [-0.2, -0.15) is 0 Å². The molecule has 0 N–H and O–H groups in total. The maximum absolute atomic E-state index is 12.4. The van der Waals surface area contributed by atoms with E-state index in [4.69, 9.17) is 23.7 Å². The number of benzene rings is 1. The Kier molecular flexibility index (Phi) is 4.98. The van der Waals surface area contributed by atoms with Crippen molar-refractivity contribution in [3.63, 3.8) is 0 Å². The van der Waals surface area contributed by atoms with Crippen LogP contribution >= 0.6 is 0 Å². The molecule has 9 nitrogen and oxygen atoms in total. The first-order valence-corrected chi connectivity index (χ1v) is 8.59. The quantitative estimate of drug-likeness (QED) is 0.435. The average Bonchev–Trinajstić information content (AvgIpc) is 2.99. The van der Waals surface area contributed by atoms with Gasteiger partial charge in [-0.3, -0.25) is 10.1 Å². The van der Waals surface area contributed by atoms with E-state index in [1.807, 2.05) is 6.92 Å². The molecule has 2 aliphatic rings. The van der Waals surface area contributed by atoms with Crippen LogP contribution in [0.5, 0.6) is 0 Å².